The molecule has 0 unspecified atom stereocenters. The number of methoxy groups -OCH3 is 1. The van der Waals surface area contributed by atoms with Crippen LogP contribution in [0.4, 0.5) is 11.4 Å². The lowest BCUT2D eigenvalue weighted by atomic mass is 9.96. The number of aromatic nitrogens is 1. The van der Waals surface area contributed by atoms with Gasteiger partial charge in [0.05, 0.1) is 22.7 Å². The van der Waals surface area contributed by atoms with E-state index in [9.17, 15) is 15.4 Å². The summed E-state index contributed by atoms with van der Waals surface area (Å²) in [5.74, 6) is 1.19. The van der Waals surface area contributed by atoms with Crippen molar-refractivity contribution in [2.75, 3.05) is 25.1 Å². The van der Waals surface area contributed by atoms with E-state index in [1.807, 2.05) is 30.3 Å². The van der Waals surface area contributed by atoms with Gasteiger partial charge >= 0.3 is 0 Å². The maximum Gasteiger partial charge on any atom is 0.287 e. The van der Waals surface area contributed by atoms with Crippen molar-refractivity contribution in [3.05, 3.63) is 68.5 Å². The Morgan fingerprint density at radius 2 is 2.03 bits per heavy atom. The first-order valence-electron chi connectivity index (χ1n) is 9.63. The van der Waals surface area contributed by atoms with Crippen LogP contribution in [0, 0.1) is 21.4 Å². The molecule has 2 aromatic carbocycles. The Balaban J connectivity index is 1.46. The monoisotopic (exact) mass is 420 g/mol. The Morgan fingerprint density at radius 1 is 1.27 bits per heavy atom. The van der Waals surface area contributed by atoms with Gasteiger partial charge in [0, 0.05) is 41.7 Å². The minimum absolute atomic E-state index is 0.0981. The third-order valence-electron chi connectivity index (χ3n) is 5.41. The molecule has 0 bridgehead atoms. The molecule has 1 aliphatic heterocycles. The second-order valence-electron chi connectivity index (χ2n) is 7.10. The van der Waals surface area contributed by atoms with E-state index in [0.29, 0.717) is 5.92 Å². The van der Waals surface area contributed by atoms with Gasteiger partial charge in [-0.05, 0) is 37.1 Å². The standard InChI is InChI=1S/C22H20N4O3S/c1-29-21-5-3-2-4-18(21)19-14-30-22(24-19)15-8-10-25(11-9-15)17-6-7-20(26(27)28)16(12-17)13-23/h2-7,12,14-15H,8-11H2,1H3. The third-order valence-corrected chi connectivity index (χ3v) is 6.42. The van der Waals surface area contributed by atoms with E-state index < -0.39 is 4.92 Å². The highest BCUT2D eigenvalue weighted by atomic mass is 32.1. The molecular formula is C22H20N4O3S. The second-order valence-corrected chi connectivity index (χ2v) is 7.99. The van der Waals surface area contributed by atoms with Crippen LogP contribution in [0.1, 0.15) is 29.3 Å². The van der Waals surface area contributed by atoms with Crippen molar-refractivity contribution in [3.63, 3.8) is 0 Å². The Kier molecular flexibility index (Phi) is 5.63. The summed E-state index contributed by atoms with van der Waals surface area (Å²) < 4.78 is 5.45. The summed E-state index contributed by atoms with van der Waals surface area (Å²) in [6, 6.07) is 14.6. The number of thiazole rings is 1. The first-order chi connectivity index (χ1) is 14.6. The number of para-hydroxylation sites is 1. The summed E-state index contributed by atoms with van der Waals surface area (Å²) in [6.45, 7) is 1.63. The van der Waals surface area contributed by atoms with Gasteiger partial charge in [-0.1, -0.05) is 12.1 Å². The average Bonchev–Trinajstić information content (AvgIpc) is 3.28. The largest absolute Gasteiger partial charge is 0.496 e. The Hall–Kier alpha value is -3.44. The Morgan fingerprint density at radius 3 is 2.73 bits per heavy atom. The molecule has 0 N–H and O–H groups in total. The molecule has 4 rings (SSSR count). The predicted octanol–water partition coefficient (Wildman–Crippen LogP) is 4.98. The van der Waals surface area contributed by atoms with Crippen LogP contribution in [0.2, 0.25) is 0 Å². The summed E-state index contributed by atoms with van der Waals surface area (Å²) in [5, 5.41) is 23.5. The molecule has 3 aromatic rings. The fraction of sp³-hybridized carbons (Fsp3) is 0.273. The Bertz CT molecular complexity index is 1110. The zero-order valence-electron chi connectivity index (χ0n) is 16.4. The van der Waals surface area contributed by atoms with Crippen molar-refractivity contribution >= 4 is 22.7 Å². The molecule has 7 nitrogen and oxygen atoms in total. The van der Waals surface area contributed by atoms with Gasteiger partial charge in [0.1, 0.15) is 17.4 Å². The first-order valence-corrected chi connectivity index (χ1v) is 10.5. The number of nitriles is 1. The summed E-state index contributed by atoms with van der Waals surface area (Å²) in [6.07, 6.45) is 1.88. The number of nitro benzene ring substituents is 1. The van der Waals surface area contributed by atoms with Crippen LogP contribution >= 0.6 is 11.3 Å². The SMILES string of the molecule is COc1ccccc1-c1csc(C2CCN(c3ccc([N+](=O)[O-])c(C#N)c3)CC2)n1. The molecule has 1 aromatic heterocycles. The maximum atomic E-state index is 11.0. The van der Waals surface area contributed by atoms with Gasteiger partial charge in [0.15, 0.2) is 0 Å². The molecule has 0 amide bonds. The third kappa shape index (κ3) is 3.84. The lowest BCUT2D eigenvalue weighted by Crippen LogP contribution is -2.32. The van der Waals surface area contributed by atoms with E-state index in [2.05, 4.69) is 10.3 Å². The number of hydrogen-bond donors (Lipinski definition) is 0. The number of nitrogens with zero attached hydrogens (tertiary/aromatic N) is 4. The second kappa shape index (κ2) is 8.51. The molecule has 1 saturated heterocycles. The lowest BCUT2D eigenvalue weighted by molar-refractivity contribution is -0.385. The van der Waals surface area contributed by atoms with Crippen LogP contribution < -0.4 is 9.64 Å². The van der Waals surface area contributed by atoms with Crippen LogP contribution in [0.3, 0.4) is 0 Å². The van der Waals surface area contributed by atoms with E-state index in [1.54, 1.807) is 30.6 Å². The number of ether oxygens (including phenoxy) is 1. The molecule has 1 fully saturated rings. The smallest absolute Gasteiger partial charge is 0.287 e. The average molecular weight is 420 g/mol. The highest BCUT2D eigenvalue weighted by molar-refractivity contribution is 7.10. The molecule has 0 aliphatic carbocycles. The highest BCUT2D eigenvalue weighted by Crippen LogP contribution is 2.37. The first kappa shape index (κ1) is 19.9. The van der Waals surface area contributed by atoms with E-state index in [4.69, 9.17) is 9.72 Å². The van der Waals surface area contributed by atoms with E-state index in [1.165, 1.54) is 6.07 Å². The summed E-state index contributed by atoms with van der Waals surface area (Å²) in [4.78, 5) is 17.6. The van der Waals surface area contributed by atoms with Crippen molar-refractivity contribution in [1.29, 1.82) is 5.26 Å². The van der Waals surface area contributed by atoms with Gasteiger partial charge < -0.3 is 9.64 Å². The molecule has 0 spiro atoms. The van der Waals surface area contributed by atoms with Crippen molar-refractivity contribution in [2.45, 2.75) is 18.8 Å². The quantitative estimate of drug-likeness (QED) is 0.427. The number of anilines is 1. The minimum Gasteiger partial charge on any atom is -0.496 e. The molecule has 0 radical (unpaired) electrons. The van der Waals surface area contributed by atoms with Gasteiger partial charge in [-0.2, -0.15) is 5.26 Å². The molecule has 0 saturated carbocycles. The molecular weight excluding hydrogens is 400 g/mol. The van der Waals surface area contributed by atoms with Crippen LogP contribution in [0.15, 0.2) is 47.8 Å². The number of benzene rings is 2. The molecule has 30 heavy (non-hydrogen) atoms. The normalized spacial score (nSPS) is 14.3. The van der Waals surface area contributed by atoms with Crippen molar-refractivity contribution < 1.29 is 9.66 Å². The summed E-state index contributed by atoms with van der Waals surface area (Å²) in [5.41, 5.74) is 2.73. The van der Waals surface area contributed by atoms with Crippen LogP contribution in [-0.4, -0.2) is 30.1 Å². The number of hydrogen-bond acceptors (Lipinski definition) is 7. The van der Waals surface area contributed by atoms with Crippen molar-refractivity contribution in [1.82, 2.24) is 4.98 Å². The number of rotatable bonds is 5. The number of nitro groups is 1. The van der Waals surface area contributed by atoms with Crippen molar-refractivity contribution in [3.8, 4) is 23.1 Å². The maximum absolute atomic E-state index is 11.0. The van der Waals surface area contributed by atoms with Crippen LogP contribution in [-0.2, 0) is 0 Å². The summed E-state index contributed by atoms with van der Waals surface area (Å²) in [7, 11) is 1.66. The van der Waals surface area contributed by atoms with E-state index in [0.717, 1.165) is 53.6 Å². The lowest BCUT2D eigenvalue weighted by Gasteiger charge is -2.32. The van der Waals surface area contributed by atoms with Gasteiger partial charge in [0.25, 0.3) is 5.69 Å². The van der Waals surface area contributed by atoms with E-state index in [-0.39, 0.29) is 11.3 Å². The molecule has 1 aliphatic rings. The molecule has 152 valence electrons. The van der Waals surface area contributed by atoms with Gasteiger partial charge in [-0.3, -0.25) is 10.1 Å². The molecule has 2 heterocycles. The van der Waals surface area contributed by atoms with Crippen LogP contribution in [0.5, 0.6) is 5.75 Å². The fourth-order valence-corrected chi connectivity index (χ4v) is 4.80. The topological polar surface area (TPSA) is 92.3 Å². The zero-order valence-corrected chi connectivity index (χ0v) is 17.3. The number of piperidine rings is 1. The van der Waals surface area contributed by atoms with E-state index >= 15 is 0 Å². The predicted molar refractivity (Wildman–Crippen MR) is 116 cm³/mol. The van der Waals surface area contributed by atoms with Gasteiger partial charge in [-0.25, -0.2) is 4.98 Å². The summed E-state index contributed by atoms with van der Waals surface area (Å²) >= 11 is 1.68. The highest BCUT2D eigenvalue weighted by Gasteiger charge is 2.25. The van der Waals surface area contributed by atoms with Gasteiger partial charge in [0.2, 0.25) is 0 Å². The van der Waals surface area contributed by atoms with Crippen molar-refractivity contribution in [2.24, 2.45) is 0 Å². The Labute approximate surface area is 178 Å². The van der Waals surface area contributed by atoms with Gasteiger partial charge in [-0.15, -0.1) is 11.3 Å². The zero-order chi connectivity index (χ0) is 21.1. The molecule has 8 heteroatoms. The minimum atomic E-state index is -0.518. The fourth-order valence-electron chi connectivity index (χ4n) is 3.81. The van der Waals surface area contributed by atoms with Crippen LogP contribution in [0.25, 0.3) is 11.3 Å². The molecule has 0 atom stereocenters.